The molecule has 2 N–H and O–H groups in total. The highest BCUT2D eigenvalue weighted by atomic mass is 14.9. The Morgan fingerprint density at radius 1 is 1.23 bits per heavy atom. The third-order valence-corrected chi connectivity index (χ3v) is 1.79. The second-order valence-corrected chi connectivity index (χ2v) is 3.17. The Hall–Kier alpha value is -1.09. The van der Waals surface area contributed by atoms with Crippen molar-refractivity contribution >= 4 is 5.69 Å². The summed E-state index contributed by atoms with van der Waals surface area (Å²) >= 11 is 0. The molecule has 0 saturated carbocycles. The molecule has 3 nitrogen and oxygen atoms in total. The molecule has 1 aromatic rings. The van der Waals surface area contributed by atoms with Gasteiger partial charge in [-0.1, -0.05) is 0 Å². The normalized spacial score (nSPS) is 10.1. The van der Waals surface area contributed by atoms with Crippen molar-refractivity contribution in [3.8, 4) is 0 Å². The van der Waals surface area contributed by atoms with Crippen LogP contribution in [-0.2, 0) is 0 Å². The maximum atomic E-state index is 4.31. The molecule has 3 heteroatoms. The minimum absolute atomic E-state index is 0. The number of aryl methyl sites for hydroxylation is 2. The van der Waals surface area contributed by atoms with Gasteiger partial charge in [-0.2, -0.15) is 0 Å². The molecule has 0 saturated heterocycles. The van der Waals surface area contributed by atoms with Crippen molar-refractivity contribution in [1.82, 2.24) is 10.3 Å². The quantitative estimate of drug-likeness (QED) is 0.699. The number of nitrogens with zero attached hydrogens (tertiary/aromatic N) is 1. The predicted octanol–water partition coefficient (Wildman–Crippen LogP) is 1.82. The second-order valence-electron chi connectivity index (χ2n) is 3.17. The van der Waals surface area contributed by atoms with E-state index in [9.17, 15) is 0 Å². The number of nitrogens with one attached hydrogen (secondary N) is 2. The highest BCUT2D eigenvalue weighted by Crippen LogP contribution is 2.09. The summed E-state index contributed by atoms with van der Waals surface area (Å²) < 4.78 is 0. The van der Waals surface area contributed by atoms with Gasteiger partial charge in [0.2, 0.25) is 0 Å². The Morgan fingerprint density at radius 3 is 2.38 bits per heavy atom. The molecule has 0 aliphatic rings. The third kappa shape index (κ3) is 3.42. The number of anilines is 1. The van der Waals surface area contributed by atoms with Crippen molar-refractivity contribution in [2.75, 3.05) is 25.5 Å². The van der Waals surface area contributed by atoms with Crippen molar-refractivity contribution in [3.63, 3.8) is 0 Å². The molecule has 0 unspecified atom stereocenters. The molecule has 0 bridgehead atoms. The van der Waals surface area contributed by atoms with Crippen LogP contribution in [0.1, 0.15) is 14.2 Å². The van der Waals surface area contributed by atoms with Gasteiger partial charge in [-0.25, -0.2) is 0 Å². The van der Waals surface area contributed by atoms with E-state index in [-0.39, 0.29) is 2.85 Å². The van der Waals surface area contributed by atoms with Crippen LogP contribution in [0.25, 0.3) is 0 Å². The number of hydrogen-bond acceptors (Lipinski definition) is 3. The fraction of sp³-hybridized carbons (Fsp3) is 0.500. The average molecular weight is 183 g/mol. The maximum Gasteiger partial charge on any atom is 0.0396 e. The Bertz CT molecular complexity index is 259. The first kappa shape index (κ1) is 9.99. The lowest BCUT2D eigenvalue weighted by Gasteiger charge is -2.07. The first-order valence-electron chi connectivity index (χ1n) is 4.56. The number of likely N-dealkylation sites (N-methyl/N-ethyl adjacent to an activating group) is 1. The highest BCUT2D eigenvalue weighted by molar-refractivity contribution is 5.44. The lowest BCUT2D eigenvalue weighted by atomic mass is 10.3. The van der Waals surface area contributed by atoms with Gasteiger partial charge in [0.15, 0.2) is 0 Å². The molecule has 0 atom stereocenters. The lowest BCUT2D eigenvalue weighted by molar-refractivity contribution is 0.823. The van der Waals surface area contributed by atoms with Crippen LogP contribution in [0.4, 0.5) is 5.69 Å². The standard InChI is InChI=1S/C10H17N3.2H2/c1-8-6-10(7-9(2)13-8)12-5-4-11-3;;/h6-7,11H,4-5H2,1-3H3,(H,12,13);2*1H. The Balaban J connectivity index is 0. The molecular weight excluding hydrogens is 162 g/mol. The van der Waals surface area contributed by atoms with Crippen LogP contribution in [0.2, 0.25) is 0 Å². The van der Waals surface area contributed by atoms with Gasteiger partial charge in [-0.15, -0.1) is 0 Å². The van der Waals surface area contributed by atoms with Crippen LogP contribution < -0.4 is 10.6 Å². The fourth-order valence-corrected chi connectivity index (χ4v) is 1.27. The summed E-state index contributed by atoms with van der Waals surface area (Å²) in [6.45, 7) is 5.94. The van der Waals surface area contributed by atoms with Gasteiger partial charge < -0.3 is 10.6 Å². The van der Waals surface area contributed by atoms with Crippen LogP contribution >= 0.6 is 0 Å². The molecule has 0 aromatic carbocycles. The van der Waals surface area contributed by atoms with Crippen molar-refractivity contribution in [2.45, 2.75) is 13.8 Å². The predicted molar refractivity (Wildman–Crippen MR) is 60.4 cm³/mol. The van der Waals surface area contributed by atoms with E-state index in [0.717, 1.165) is 30.2 Å². The molecule has 1 rings (SSSR count). The highest BCUT2D eigenvalue weighted by Gasteiger charge is 1.94. The Kier molecular flexibility index (Phi) is 3.71. The van der Waals surface area contributed by atoms with E-state index in [2.05, 4.69) is 27.8 Å². The van der Waals surface area contributed by atoms with Crippen molar-refractivity contribution in [3.05, 3.63) is 23.5 Å². The van der Waals surface area contributed by atoms with E-state index in [4.69, 9.17) is 0 Å². The van der Waals surface area contributed by atoms with Gasteiger partial charge in [0.25, 0.3) is 0 Å². The minimum atomic E-state index is 0. The molecule has 1 heterocycles. The van der Waals surface area contributed by atoms with E-state index in [1.165, 1.54) is 0 Å². The minimum Gasteiger partial charge on any atom is -0.384 e. The largest absolute Gasteiger partial charge is 0.384 e. The Labute approximate surface area is 82.5 Å². The van der Waals surface area contributed by atoms with Crippen LogP contribution in [0.15, 0.2) is 12.1 Å². The van der Waals surface area contributed by atoms with Gasteiger partial charge in [0.05, 0.1) is 0 Å². The summed E-state index contributed by atoms with van der Waals surface area (Å²) in [6.07, 6.45) is 0. The second kappa shape index (κ2) is 4.82. The van der Waals surface area contributed by atoms with E-state index < -0.39 is 0 Å². The summed E-state index contributed by atoms with van der Waals surface area (Å²) in [7, 11) is 1.95. The summed E-state index contributed by atoms with van der Waals surface area (Å²) in [5.41, 5.74) is 3.28. The van der Waals surface area contributed by atoms with E-state index in [1.807, 2.05) is 20.9 Å². The molecule has 0 aliphatic heterocycles. The fourth-order valence-electron chi connectivity index (χ4n) is 1.27. The zero-order chi connectivity index (χ0) is 9.68. The summed E-state index contributed by atoms with van der Waals surface area (Å²) in [4.78, 5) is 4.31. The first-order chi connectivity index (χ1) is 6.22. The zero-order valence-corrected chi connectivity index (χ0v) is 8.52. The third-order valence-electron chi connectivity index (χ3n) is 1.79. The number of hydrogen-bond donors (Lipinski definition) is 2. The Morgan fingerprint density at radius 2 is 1.85 bits per heavy atom. The monoisotopic (exact) mass is 183 g/mol. The molecular formula is C10H21N3. The van der Waals surface area contributed by atoms with Crippen LogP contribution in [0.5, 0.6) is 0 Å². The molecule has 13 heavy (non-hydrogen) atoms. The van der Waals surface area contributed by atoms with Gasteiger partial charge >= 0.3 is 0 Å². The van der Waals surface area contributed by atoms with Gasteiger partial charge in [0, 0.05) is 33.0 Å². The first-order valence-corrected chi connectivity index (χ1v) is 4.56. The molecule has 0 aliphatic carbocycles. The molecule has 0 amide bonds. The number of pyridine rings is 1. The van der Waals surface area contributed by atoms with E-state index in [0.29, 0.717) is 0 Å². The van der Waals surface area contributed by atoms with Crippen LogP contribution in [-0.4, -0.2) is 25.1 Å². The lowest BCUT2D eigenvalue weighted by Crippen LogP contribution is -2.17. The van der Waals surface area contributed by atoms with Gasteiger partial charge in [-0.3, -0.25) is 4.98 Å². The van der Waals surface area contributed by atoms with Gasteiger partial charge in [-0.05, 0) is 33.0 Å². The van der Waals surface area contributed by atoms with Gasteiger partial charge in [0.1, 0.15) is 0 Å². The van der Waals surface area contributed by atoms with Crippen LogP contribution in [0, 0.1) is 13.8 Å². The number of aromatic nitrogens is 1. The maximum absolute atomic E-state index is 4.31. The molecule has 76 valence electrons. The van der Waals surface area contributed by atoms with E-state index in [1.54, 1.807) is 0 Å². The summed E-state index contributed by atoms with van der Waals surface area (Å²) in [5, 5.41) is 6.41. The molecule has 0 radical (unpaired) electrons. The van der Waals surface area contributed by atoms with Crippen molar-refractivity contribution < 1.29 is 2.85 Å². The summed E-state index contributed by atoms with van der Waals surface area (Å²) in [5.74, 6) is 0. The van der Waals surface area contributed by atoms with E-state index >= 15 is 0 Å². The zero-order valence-electron chi connectivity index (χ0n) is 8.52. The van der Waals surface area contributed by atoms with Crippen molar-refractivity contribution in [1.29, 1.82) is 0 Å². The SMILES string of the molecule is CNCCNc1cc(C)nc(C)c1.[HH].[HH]. The van der Waals surface area contributed by atoms with Crippen molar-refractivity contribution in [2.24, 2.45) is 0 Å². The molecule has 0 spiro atoms. The summed E-state index contributed by atoms with van der Waals surface area (Å²) in [6, 6.07) is 4.12. The number of rotatable bonds is 4. The molecule has 1 aromatic heterocycles. The topological polar surface area (TPSA) is 37.0 Å². The average Bonchev–Trinajstić information content (AvgIpc) is 2.03. The smallest absolute Gasteiger partial charge is 0.0396 e. The van der Waals surface area contributed by atoms with Crippen LogP contribution in [0.3, 0.4) is 0 Å². The molecule has 0 fully saturated rings.